The first kappa shape index (κ1) is 13.1. The Morgan fingerprint density at radius 2 is 1.55 bits per heavy atom. The first-order valence-electron chi connectivity index (χ1n) is 6.97. The lowest BCUT2D eigenvalue weighted by Crippen LogP contribution is -2.12. The molecule has 0 saturated heterocycles. The van der Waals surface area contributed by atoms with E-state index in [2.05, 4.69) is 0 Å². The van der Waals surface area contributed by atoms with Crippen molar-refractivity contribution in [3.63, 3.8) is 0 Å². The molecule has 2 aliphatic rings. The fourth-order valence-electron chi connectivity index (χ4n) is 3.74. The van der Waals surface area contributed by atoms with Gasteiger partial charge in [0.1, 0.15) is 11.5 Å². The van der Waals surface area contributed by atoms with Gasteiger partial charge in [-0.3, -0.25) is 9.59 Å². The molecule has 3 nitrogen and oxygen atoms in total. The van der Waals surface area contributed by atoms with E-state index >= 15 is 0 Å². The average molecular weight is 270 g/mol. The van der Waals surface area contributed by atoms with Crippen molar-refractivity contribution in [2.24, 2.45) is 11.8 Å². The second kappa shape index (κ2) is 4.30. The first-order chi connectivity index (χ1) is 9.40. The lowest BCUT2D eigenvalue weighted by molar-refractivity contribution is -0.121. The molecular weight excluding hydrogens is 252 g/mol. The van der Waals surface area contributed by atoms with Crippen LogP contribution in [0.1, 0.15) is 35.1 Å². The molecule has 3 heteroatoms. The molecule has 2 unspecified atom stereocenters. The van der Waals surface area contributed by atoms with Crippen LogP contribution >= 0.6 is 0 Å². The molecule has 20 heavy (non-hydrogen) atoms. The zero-order chi connectivity index (χ0) is 14.6. The van der Waals surface area contributed by atoms with Crippen molar-refractivity contribution >= 4 is 17.1 Å². The highest BCUT2D eigenvalue weighted by Gasteiger charge is 2.48. The number of allylic oxidation sites excluding steroid dienone is 2. The van der Waals surface area contributed by atoms with E-state index < -0.39 is 0 Å². The zero-order valence-electron chi connectivity index (χ0n) is 12.0. The van der Waals surface area contributed by atoms with Gasteiger partial charge in [-0.05, 0) is 37.5 Å². The molecule has 3 rings (SSSR count). The SMILES string of the molecule is Cc1cc(C)c(C2=C(O)C3CC(=O)CC3C2=O)c(C)c1. The fourth-order valence-corrected chi connectivity index (χ4v) is 3.74. The summed E-state index contributed by atoms with van der Waals surface area (Å²) in [6.45, 7) is 5.94. The summed E-state index contributed by atoms with van der Waals surface area (Å²) >= 11 is 0. The average Bonchev–Trinajstić information content (AvgIpc) is 2.82. The number of Topliss-reactive ketones (excluding diaryl/α,β-unsaturated/α-hetero) is 2. The van der Waals surface area contributed by atoms with E-state index in [4.69, 9.17) is 0 Å². The predicted octanol–water partition coefficient (Wildman–Crippen LogP) is 3.06. The van der Waals surface area contributed by atoms with E-state index in [0.29, 0.717) is 12.0 Å². The van der Waals surface area contributed by atoms with Crippen molar-refractivity contribution in [2.45, 2.75) is 33.6 Å². The minimum Gasteiger partial charge on any atom is -0.511 e. The third-order valence-electron chi connectivity index (χ3n) is 4.50. The Hall–Kier alpha value is -1.90. The van der Waals surface area contributed by atoms with Gasteiger partial charge in [-0.1, -0.05) is 17.7 Å². The largest absolute Gasteiger partial charge is 0.511 e. The van der Waals surface area contributed by atoms with Crippen LogP contribution in [0.25, 0.3) is 5.57 Å². The number of fused-ring (bicyclic) bond motifs is 1. The molecule has 2 aliphatic carbocycles. The van der Waals surface area contributed by atoms with Gasteiger partial charge in [0, 0.05) is 24.7 Å². The van der Waals surface area contributed by atoms with Gasteiger partial charge in [-0.15, -0.1) is 0 Å². The van der Waals surface area contributed by atoms with Crippen LogP contribution in [0.3, 0.4) is 0 Å². The fraction of sp³-hybridized carbons (Fsp3) is 0.412. The Bertz CT molecular complexity index is 644. The maximum Gasteiger partial charge on any atom is 0.171 e. The Morgan fingerprint density at radius 3 is 2.10 bits per heavy atom. The Kier molecular flexibility index (Phi) is 2.82. The quantitative estimate of drug-likeness (QED) is 0.853. The number of carbonyl (C=O) groups excluding carboxylic acids is 2. The highest BCUT2D eigenvalue weighted by molar-refractivity contribution is 6.26. The summed E-state index contributed by atoms with van der Waals surface area (Å²) in [4.78, 5) is 24.0. The second-order valence-electron chi connectivity index (χ2n) is 6.06. The molecule has 0 heterocycles. The van der Waals surface area contributed by atoms with Gasteiger partial charge in [0.15, 0.2) is 5.78 Å². The van der Waals surface area contributed by atoms with Crippen LogP contribution in [0.2, 0.25) is 0 Å². The van der Waals surface area contributed by atoms with Crippen LogP contribution in [0.4, 0.5) is 0 Å². The van der Waals surface area contributed by atoms with Crippen LogP contribution in [-0.4, -0.2) is 16.7 Å². The molecule has 1 N–H and O–H groups in total. The van der Waals surface area contributed by atoms with E-state index in [0.717, 1.165) is 22.3 Å². The van der Waals surface area contributed by atoms with Crippen molar-refractivity contribution in [3.05, 3.63) is 40.1 Å². The Labute approximate surface area is 118 Å². The number of aryl methyl sites for hydroxylation is 3. The van der Waals surface area contributed by atoms with Crippen LogP contribution < -0.4 is 0 Å². The van der Waals surface area contributed by atoms with Crippen molar-refractivity contribution in [1.29, 1.82) is 0 Å². The monoisotopic (exact) mass is 270 g/mol. The number of rotatable bonds is 1. The van der Waals surface area contributed by atoms with Crippen LogP contribution in [-0.2, 0) is 9.59 Å². The van der Waals surface area contributed by atoms with Gasteiger partial charge < -0.3 is 5.11 Å². The highest BCUT2D eigenvalue weighted by Crippen LogP contribution is 2.47. The van der Waals surface area contributed by atoms with Gasteiger partial charge in [0.05, 0.1) is 5.57 Å². The summed E-state index contributed by atoms with van der Waals surface area (Å²) in [5.74, 6) is -0.478. The summed E-state index contributed by atoms with van der Waals surface area (Å²) in [7, 11) is 0. The molecule has 1 saturated carbocycles. The molecule has 0 bridgehead atoms. The zero-order valence-corrected chi connectivity index (χ0v) is 12.0. The molecule has 2 atom stereocenters. The number of aliphatic hydroxyl groups is 1. The van der Waals surface area contributed by atoms with E-state index in [9.17, 15) is 14.7 Å². The minimum absolute atomic E-state index is 0.0617. The van der Waals surface area contributed by atoms with Gasteiger partial charge >= 0.3 is 0 Å². The van der Waals surface area contributed by atoms with Crippen molar-refractivity contribution < 1.29 is 14.7 Å². The van der Waals surface area contributed by atoms with E-state index in [1.165, 1.54) is 0 Å². The van der Waals surface area contributed by atoms with E-state index in [1.807, 2.05) is 32.9 Å². The number of benzene rings is 1. The second-order valence-corrected chi connectivity index (χ2v) is 6.06. The molecule has 0 aliphatic heterocycles. The third kappa shape index (κ3) is 1.73. The van der Waals surface area contributed by atoms with Crippen LogP contribution in [0, 0.1) is 32.6 Å². The highest BCUT2D eigenvalue weighted by atomic mass is 16.3. The van der Waals surface area contributed by atoms with Crippen molar-refractivity contribution in [2.75, 3.05) is 0 Å². The summed E-state index contributed by atoms with van der Waals surface area (Å²) in [5.41, 5.74) is 4.44. The molecule has 0 radical (unpaired) electrons. The molecule has 1 fully saturated rings. The summed E-state index contributed by atoms with van der Waals surface area (Å²) in [5, 5.41) is 10.4. The normalized spacial score (nSPS) is 25.6. The van der Waals surface area contributed by atoms with Gasteiger partial charge in [0.25, 0.3) is 0 Å². The minimum atomic E-state index is -0.336. The van der Waals surface area contributed by atoms with Crippen molar-refractivity contribution in [3.8, 4) is 0 Å². The number of carbonyl (C=O) groups is 2. The van der Waals surface area contributed by atoms with Gasteiger partial charge in [0.2, 0.25) is 0 Å². The molecule has 104 valence electrons. The maximum absolute atomic E-state index is 12.6. The van der Waals surface area contributed by atoms with Gasteiger partial charge in [-0.2, -0.15) is 0 Å². The molecular formula is C17H18O3. The van der Waals surface area contributed by atoms with Crippen LogP contribution in [0.15, 0.2) is 17.9 Å². The number of hydrogen-bond donors (Lipinski definition) is 1. The lowest BCUT2D eigenvalue weighted by Gasteiger charge is -2.13. The number of ketones is 2. The van der Waals surface area contributed by atoms with Crippen molar-refractivity contribution in [1.82, 2.24) is 0 Å². The number of hydrogen-bond acceptors (Lipinski definition) is 3. The smallest absolute Gasteiger partial charge is 0.171 e. The van der Waals surface area contributed by atoms with Gasteiger partial charge in [-0.25, -0.2) is 0 Å². The maximum atomic E-state index is 12.6. The van der Waals surface area contributed by atoms with E-state index in [1.54, 1.807) is 0 Å². The summed E-state index contributed by atoms with van der Waals surface area (Å²) in [6, 6.07) is 4.05. The Balaban J connectivity index is 2.16. The molecule has 0 aromatic heterocycles. The first-order valence-corrected chi connectivity index (χ1v) is 6.97. The topological polar surface area (TPSA) is 54.4 Å². The van der Waals surface area contributed by atoms with E-state index in [-0.39, 0.29) is 35.6 Å². The standard InChI is InChI=1S/C17H18O3/c1-8-4-9(2)14(10(3)5-8)15-16(19)12-6-11(18)7-13(12)17(15)20/h4-5,12-13,19H,6-7H2,1-3H3. The predicted molar refractivity (Wildman–Crippen MR) is 76.4 cm³/mol. The van der Waals surface area contributed by atoms with Crippen LogP contribution in [0.5, 0.6) is 0 Å². The molecule has 0 spiro atoms. The molecule has 1 aromatic carbocycles. The third-order valence-corrected chi connectivity index (χ3v) is 4.50. The summed E-state index contributed by atoms with van der Waals surface area (Å²) < 4.78 is 0. The lowest BCUT2D eigenvalue weighted by atomic mass is 9.90. The molecule has 0 amide bonds. The summed E-state index contributed by atoms with van der Waals surface area (Å²) in [6.07, 6.45) is 0.580. The Morgan fingerprint density at radius 1 is 1.00 bits per heavy atom. The number of aliphatic hydroxyl groups excluding tert-OH is 1. The molecule has 1 aromatic rings.